The summed E-state index contributed by atoms with van der Waals surface area (Å²) in [5.41, 5.74) is -3.04. The average molecular weight is 204 g/mol. The molecule has 6 atom stereocenters. The molecule has 1 heterocycles. The van der Waals surface area contributed by atoms with Crippen LogP contribution in [0.1, 0.15) is 6.92 Å². The second kappa shape index (κ2) is 2.53. The molecule has 6 nitrogen and oxygen atoms in total. The monoisotopic (exact) mass is 204 g/mol. The third kappa shape index (κ3) is 0.807. The quantitative estimate of drug-likeness (QED) is 0.348. The fraction of sp³-hybridized carbons (Fsp3) is 0.875. The Morgan fingerprint density at radius 1 is 1.36 bits per heavy atom. The van der Waals surface area contributed by atoms with E-state index in [9.17, 15) is 20.1 Å². The molecule has 1 aliphatic carbocycles. The van der Waals surface area contributed by atoms with E-state index in [-0.39, 0.29) is 0 Å². The van der Waals surface area contributed by atoms with Gasteiger partial charge in [-0.1, -0.05) is 0 Å². The van der Waals surface area contributed by atoms with E-state index in [0.717, 1.165) is 0 Å². The summed E-state index contributed by atoms with van der Waals surface area (Å²) in [4.78, 5) is 10.7. The van der Waals surface area contributed by atoms with Crippen molar-refractivity contribution >= 4 is 6.29 Å². The third-order valence-corrected chi connectivity index (χ3v) is 3.31. The molecule has 0 bridgehead atoms. The second-order valence-electron chi connectivity index (χ2n) is 4.07. The molecule has 1 saturated carbocycles. The molecule has 2 unspecified atom stereocenters. The van der Waals surface area contributed by atoms with Crippen LogP contribution in [0, 0.1) is 5.41 Å². The van der Waals surface area contributed by atoms with E-state index in [2.05, 4.69) is 0 Å². The minimum absolute atomic E-state index is 0.464. The van der Waals surface area contributed by atoms with Gasteiger partial charge in [-0.2, -0.15) is 0 Å². The first-order chi connectivity index (χ1) is 6.39. The van der Waals surface area contributed by atoms with Gasteiger partial charge in [-0.25, -0.2) is 0 Å². The van der Waals surface area contributed by atoms with Crippen LogP contribution in [-0.2, 0) is 9.53 Å². The van der Waals surface area contributed by atoms with E-state index in [1.807, 2.05) is 0 Å². The number of hydrogen-bond donors (Lipinski definition) is 4. The molecule has 0 aromatic carbocycles. The van der Waals surface area contributed by atoms with Crippen molar-refractivity contribution in [2.24, 2.45) is 5.41 Å². The van der Waals surface area contributed by atoms with Crippen molar-refractivity contribution in [2.45, 2.75) is 37.1 Å². The van der Waals surface area contributed by atoms with Crippen LogP contribution in [0.25, 0.3) is 0 Å². The molecule has 2 rings (SSSR count). The van der Waals surface area contributed by atoms with Crippen molar-refractivity contribution in [3.63, 3.8) is 0 Å². The molecule has 6 heteroatoms. The average Bonchev–Trinajstić information content (AvgIpc) is 2.64. The summed E-state index contributed by atoms with van der Waals surface area (Å²) in [6, 6.07) is 0. The fourth-order valence-electron chi connectivity index (χ4n) is 2.12. The van der Waals surface area contributed by atoms with Crippen LogP contribution in [0.15, 0.2) is 0 Å². The fourth-order valence-corrected chi connectivity index (χ4v) is 2.12. The van der Waals surface area contributed by atoms with Crippen LogP contribution in [0.3, 0.4) is 0 Å². The van der Waals surface area contributed by atoms with Gasteiger partial charge in [0.2, 0.25) is 0 Å². The lowest BCUT2D eigenvalue weighted by Crippen LogP contribution is -2.53. The van der Waals surface area contributed by atoms with Gasteiger partial charge in [0.25, 0.3) is 0 Å². The number of rotatable bonds is 1. The molecule has 0 spiro atoms. The summed E-state index contributed by atoms with van der Waals surface area (Å²) < 4.78 is 4.82. The SMILES string of the molecule is CC1(C=O)C2O[C@H](O)[C@H](O)[C@@H](O)[C@]21O. The van der Waals surface area contributed by atoms with Crippen molar-refractivity contribution in [3.8, 4) is 0 Å². The normalized spacial score (nSPS) is 61.8. The molecular weight excluding hydrogens is 192 g/mol. The number of aliphatic hydroxyl groups excluding tert-OH is 3. The van der Waals surface area contributed by atoms with E-state index < -0.39 is 35.6 Å². The highest BCUT2D eigenvalue weighted by Gasteiger charge is 2.82. The summed E-state index contributed by atoms with van der Waals surface area (Å²) in [6.07, 6.45) is -5.24. The summed E-state index contributed by atoms with van der Waals surface area (Å²) >= 11 is 0. The molecule has 14 heavy (non-hydrogen) atoms. The summed E-state index contributed by atoms with van der Waals surface area (Å²) in [5, 5.41) is 37.7. The largest absolute Gasteiger partial charge is 0.387 e. The highest BCUT2D eigenvalue weighted by atomic mass is 16.6. The molecule has 0 aromatic rings. The first-order valence-electron chi connectivity index (χ1n) is 4.28. The number of aldehydes is 1. The Labute approximate surface area is 79.7 Å². The zero-order chi connectivity index (χ0) is 10.7. The number of carbonyl (C=O) groups is 1. The van der Waals surface area contributed by atoms with E-state index in [1.165, 1.54) is 6.92 Å². The van der Waals surface area contributed by atoms with Gasteiger partial charge in [-0.05, 0) is 6.92 Å². The Morgan fingerprint density at radius 2 is 1.93 bits per heavy atom. The van der Waals surface area contributed by atoms with Crippen LogP contribution < -0.4 is 0 Å². The lowest BCUT2D eigenvalue weighted by molar-refractivity contribution is -0.253. The lowest BCUT2D eigenvalue weighted by atomic mass is 9.97. The van der Waals surface area contributed by atoms with E-state index >= 15 is 0 Å². The van der Waals surface area contributed by atoms with E-state index in [1.54, 1.807) is 0 Å². The van der Waals surface area contributed by atoms with Gasteiger partial charge < -0.3 is 30.0 Å². The van der Waals surface area contributed by atoms with Crippen LogP contribution in [0.4, 0.5) is 0 Å². The molecule has 80 valence electrons. The van der Waals surface area contributed by atoms with Crippen LogP contribution in [0.5, 0.6) is 0 Å². The third-order valence-electron chi connectivity index (χ3n) is 3.31. The van der Waals surface area contributed by atoms with Crippen LogP contribution in [0.2, 0.25) is 0 Å². The van der Waals surface area contributed by atoms with Gasteiger partial charge in [0.05, 0.1) is 5.41 Å². The Bertz CT molecular complexity index is 281. The maximum atomic E-state index is 10.7. The molecule has 4 N–H and O–H groups in total. The Morgan fingerprint density at radius 3 is 2.43 bits per heavy atom. The van der Waals surface area contributed by atoms with Crippen molar-refractivity contribution < 1.29 is 30.0 Å². The minimum atomic E-state index is -1.78. The summed E-state index contributed by atoms with van der Waals surface area (Å²) in [7, 11) is 0. The topological polar surface area (TPSA) is 107 Å². The molecule has 0 radical (unpaired) electrons. The summed E-state index contributed by atoms with van der Waals surface area (Å²) in [5.74, 6) is 0. The van der Waals surface area contributed by atoms with Crippen molar-refractivity contribution in [1.29, 1.82) is 0 Å². The van der Waals surface area contributed by atoms with E-state index in [0.29, 0.717) is 6.29 Å². The van der Waals surface area contributed by atoms with Gasteiger partial charge in [-0.15, -0.1) is 0 Å². The van der Waals surface area contributed by atoms with Crippen molar-refractivity contribution in [1.82, 2.24) is 0 Å². The predicted molar refractivity (Wildman–Crippen MR) is 42.0 cm³/mol. The maximum Gasteiger partial charge on any atom is 0.184 e. The Kier molecular flexibility index (Phi) is 1.81. The maximum absolute atomic E-state index is 10.7. The highest BCUT2D eigenvalue weighted by molar-refractivity contribution is 5.71. The van der Waals surface area contributed by atoms with Gasteiger partial charge in [-0.3, -0.25) is 0 Å². The molecular formula is C8H12O6. The number of aliphatic hydroxyl groups is 4. The number of carbonyl (C=O) groups excluding carboxylic acids is 1. The number of hydrogen-bond acceptors (Lipinski definition) is 6. The van der Waals surface area contributed by atoms with Crippen LogP contribution in [-0.4, -0.2) is 56.9 Å². The second-order valence-corrected chi connectivity index (χ2v) is 4.07. The Balaban J connectivity index is 2.33. The molecule has 1 saturated heterocycles. The molecule has 2 aliphatic rings. The smallest absolute Gasteiger partial charge is 0.184 e. The first kappa shape index (κ1) is 10.0. The van der Waals surface area contributed by atoms with Crippen molar-refractivity contribution in [2.75, 3.05) is 0 Å². The molecule has 0 aromatic heterocycles. The number of ether oxygens (including phenoxy) is 1. The van der Waals surface area contributed by atoms with Crippen LogP contribution >= 0.6 is 0 Å². The van der Waals surface area contributed by atoms with Gasteiger partial charge in [0.1, 0.15) is 30.2 Å². The van der Waals surface area contributed by atoms with Gasteiger partial charge in [0, 0.05) is 0 Å². The molecule has 1 aliphatic heterocycles. The van der Waals surface area contributed by atoms with Gasteiger partial charge in [0.15, 0.2) is 6.29 Å². The standard InChI is InChI=1S/C8H12O6/c1-7(2-9)6-8(7,13)4(11)3(10)5(12)14-6/h2-6,10-13H,1H3/t3-,4-,5+,6?,7?,8+/m1/s1. The zero-order valence-electron chi connectivity index (χ0n) is 7.49. The van der Waals surface area contributed by atoms with E-state index in [4.69, 9.17) is 9.84 Å². The zero-order valence-corrected chi connectivity index (χ0v) is 7.49. The number of fused-ring (bicyclic) bond motifs is 1. The first-order valence-corrected chi connectivity index (χ1v) is 4.28. The summed E-state index contributed by atoms with van der Waals surface area (Å²) in [6.45, 7) is 1.40. The lowest BCUT2D eigenvalue weighted by Gasteiger charge is -2.31. The molecule has 2 fully saturated rings. The Hall–Kier alpha value is -0.530. The molecule has 0 amide bonds. The highest BCUT2D eigenvalue weighted by Crippen LogP contribution is 2.61. The predicted octanol–water partition coefficient (Wildman–Crippen LogP) is -2.62. The van der Waals surface area contributed by atoms with Gasteiger partial charge >= 0.3 is 0 Å². The van der Waals surface area contributed by atoms with Crippen molar-refractivity contribution in [3.05, 3.63) is 0 Å². The minimum Gasteiger partial charge on any atom is -0.387 e.